The third kappa shape index (κ3) is 7.13. The van der Waals surface area contributed by atoms with E-state index in [4.69, 9.17) is 9.47 Å². The lowest BCUT2D eigenvalue weighted by atomic mass is 10.1. The second-order valence-electron chi connectivity index (χ2n) is 8.84. The number of aryl methyl sites for hydroxylation is 1. The highest BCUT2D eigenvalue weighted by Crippen LogP contribution is 2.34. The Balaban J connectivity index is 1.72. The van der Waals surface area contributed by atoms with E-state index in [1.165, 1.54) is 4.31 Å². The molecule has 2 amide bonds. The minimum absolute atomic E-state index is 0.0895. The van der Waals surface area contributed by atoms with Crippen LogP contribution in [0.4, 0.5) is 5.69 Å². The van der Waals surface area contributed by atoms with E-state index in [1.807, 2.05) is 38.1 Å². The fourth-order valence-electron chi connectivity index (χ4n) is 3.99. The lowest BCUT2D eigenvalue weighted by Gasteiger charge is -2.29. The smallest absolute Gasteiger partial charge is 0.242 e. The van der Waals surface area contributed by atoms with Crippen LogP contribution in [0.5, 0.6) is 11.5 Å². The fourth-order valence-corrected chi connectivity index (χ4v) is 4.94. The van der Waals surface area contributed by atoms with Crippen molar-refractivity contribution in [2.75, 3.05) is 36.9 Å². The van der Waals surface area contributed by atoms with Crippen LogP contribution < -0.4 is 19.1 Å². The van der Waals surface area contributed by atoms with Gasteiger partial charge in [0, 0.05) is 32.1 Å². The molecule has 9 nitrogen and oxygen atoms in total. The van der Waals surface area contributed by atoms with Gasteiger partial charge in [0.15, 0.2) is 11.5 Å². The summed E-state index contributed by atoms with van der Waals surface area (Å²) in [5, 5.41) is 2.77. The molecule has 0 aromatic heterocycles. The summed E-state index contributed by atoms with van der Waals surface area (Å²) in [6.45, 7) is 7.22. The molecule has 0 saturated carbocycles. The number of carbonyl (C=O) groups excluding carboxylic acids is 2. The number of anilines is 1. The van der Waals surface area contributed by atoms with Gasteiger partial charge in [0.1, 0.15) is 19.3 Å². The largest absolute Gasteiger partial charge is 0.486 e. The van der Waals surface area contributed by atoms with Crippen molar-refractivity contribution < 1.29 is 27.5 Å². The molecule has 196 valence electrons. The van der Waals surface area contributed by atoms with Gasteiger partial charge in [-0.1, -0.05) is 29.8 Å². The zero-order chi connectivity index (χ0) is 26.3. The van der Waals surface area contributed by atoms with E-state index < -0.39 is 16.1 Å². The van der Waals surface area contributed by atoms with E-state index >= 15 is 0 Å². The van der Waals surface area contributed by atoms with Gasteiger partial charge in [0.2, 0.25) is 21.8 Å². The maximum atomic E-state index is 13.3. The summed E-state index contributed by atoms with van der Waals surface area (Å²) in [7, 11) is -3.60. The Morgan fingerprint density at radius 1 is 1.06 bits per heavy atom. The van der Waals surface area contributed by atoms with Crippen molar-refractivity contribution in [1.82, 2.24) is 10.2 Å². The molecule has 2 aromatic carbocycles. The zero-order valence-electron chi connectivity index (χ0n) is 21.3. The zero-order valence-corrected chi connectivity index (χ0v) is 22.1. The molecule has 0 saturated heterocycles. The molecule has 2 aromatic rings. The molecule has 1 aliphatic rings. The first-order chi connectivity index (χ1) is 17.1. The predicted octanol–water partition coefficient (Wildman–Crippen LogP) is 2.87. The molecule has 1 N–H and O–H groups in total. The summed E-state index contributed by atoms with van der Waals surface area (Å²) in [4.78, 5) is 27.3. The number of likely N-dealkylation sites (N-methyl/N-ethyl adjacent to an activating group) is 1. The molecule has 0 unspecified atom stereocenters. The van der Waals surface area contributed by atoms with Crippen LogP contribution in [0.1, 0.15) is 37.8 Å². The highest BCUT2D eigenvalue weighted by atomic mass is 32.2. The van der Waals surface area contributed by atoms with Gasteiger partial charge in [0.05, 0.1) is 11.9 Å². The Hall–Kier alpha value is -3.27. The number of carbonyl (C=O) groups is 2. The van der Waals surface area contributed by atoms with Crippen LogP contribution in [0, 0.1) is 6.92 Å². The number of sulfonamides is 1. The van der Waals surface area contributed by atoms with Gasteiger partial charge in [-0.15, -0.1) is 0 Å². The Morgan fingerprint density at radius 2 is 1.72 bits per heavy atom. The summed E-state index contributed by atoms with van der Waals surface area (Å²) in [6.07, 6.45) is 1.51. The van der Waals surface area contributed by atoms with E-state index in [2.05, 4.69) is 5.32 Å². The monoisotopic (exact) mass is 517 g/mol. The number of hydrogen-bond acceptors (Lipinski definition) is 6. The topological polar surface area (TPSA) is 105 Å². The molecule has 0 aliphatic carbocycles. The molecule has 0 fully saturated rings. The number of rotatable bonds is 11. The van der Waals surface area contributed by atoms with Crippen molar-refractivity contribution in [1.29, 1.82) is 0 Å². The Bertz CT molecular complexity index is 1170. The summed E-state index contributed by atoms with van der Waals surface area (Å²) >= 11 is 0. The van der Waals surface area contributed by atoms with Crippen molar-refractivity contribution >= 4 is 27.5 Å². The first kappa shape index (κ1) is 27.3. The third-order valence-electron chi connectivity index (χ3n) is 5.96. The van der Waals surface area contributed by atoms with E-state index in [1.54, 1.807) is 30.0 Å². The third-order valence-corrected chi connectivity index (χ3v) is 7.15. The highest BCUT2D eigenvalue weighted by Gasteiger charge is 2.26. The Morgan fingerprint density at radius 3 is 2.36 bits per heavy atom. The van der Waals surface area contributed by atoms with E-state index in [9.17, 15) is 18.0 Å². The molecule has 0 spiro atoms. The number of amides is 2. The average Bonchev–Trinajstić information content (AvgIpc) is 2.85. The number of nitrogens with one attached hydrogen (secondary N) is 1. The molecular formula is C26H35N3O6S. The van der Waals surface area contributed by atoms with Gasteiger partial charge >= 0.3 is 0 Å². The van der Waals surface area contributed by atoms with Crippen molar-refractivity contribution in [3.8, 4) is 11.5 Å². The molecular weight excluding hydrogens is 482 g/mol. The molecule has 1 heterocycles. The van der Waals surface area contributed by atoms with Gasteiger partial charge in [-0.25, -0.2) is 8.42 Å². The second kappa shape index (κ2) is 12.1. The number of ether oxygens (including phenoxy) is 2. The Labute approximate surface area is 213 Å². The normalized spacial score (nSPS) is 13.6. The van der Waals surface area contributed by atoms with E-state index in [-0.39, 0.29) is 37.7 Å². The van der Waals surface area contributed by atoms with Gasteiger partial charge in [-0.3, -0.25) is 13.9 Å². The molecule has 3 rings (SSSR count). The van der Waals surface area contributed by atoms with Crippen LogP contribution in [-0.4, -0.2) is 63.7 Å². The summed E-state index contributed by atoms with van der Waals surface area (Å²) in [5.41, 5.74) is 2.47. The van der Waals surface area contributed by atoms with Gasteiger partial charge in [0.25, 0.3) is 0 Å². The van der Waals surface area contributed by atoms with Crippen molar-refractivity contribution in [3.05, 3.63) is 53.6 Å². The van der Waals surface area contributed by atoms with Crippen molar-refractivity contribution in [3.63, 3.8) is 0 Å². The quantitative estimate of drug-likeness (QED) is 0.492. The van der Waals surface area contributed by atoms with Crippen molar-refractivity contribution in [2.24, 2.45) is 0 Å². The molecule has 36 heavy (non-hydrogen) atoms. The molecule has 0 bridgehead atoms. The summed E-state index contributed by atoms with van der Waals surface area (Å²) in [5.74, 6) is 0.611. The van der Waals surface area contributed by atoms with Crippen LogP contribution >= 0.6 is 0 Å². The lowest BCUT2D eigenvalue weighted by molar-refractivity contribution is -0.140. The van der Waals surface area contributed by atoms with E-state index in [0.717, 1.165) is 17.4 Å². The van der Waals surface area contributed by atoms with Crippen LogP contribution in [-0.2, 0) is 26.2 Å². The van der Waals surface area contributed by atoms with Crippen molar-refractivity contribution in [2.45, 2.75) is 46.2 Å². The molecule has 0 radical (unpaired) electrons. The minimum Gasteiger partial charge on any atom is -0.486 e. The predicted molar refractivity (Wildman–Crippen MR) is 139 cm³/mol. The number of benzene rings is 2. The minimum atomic E-state index is -3.60. The average molecular weight is 518 g/mol. The summed E-state index contributed by atoms with van der Waals surface area (Å²) in [6, 6.07) is 12.1. The van der Waals surface area contributed by atoms with E-state index in [0.29, 0.717) is 36.9 Å². The van der Waals surface area contributed by atoms with Gasteiger partial charge < -0.3 is 19.7 Å². The van der Waals surface area contributed by atoms with Crippen LogP contribution in [0.15, 0.2) is 42.5 Å². The second-order valence-corrected chi connectivity index (χ2v) is 10.8. The maximum Gasteiger partial charge on any atom is 0.242 e. The van der Waals surface area contributed by atoms with Gasteiger partial charge in [-0.05, 0) is 44.9 Å². The molecule has 1 atom stereocenters. The van der Waals surface area contributed by atoms with Crippen LogP contribution in [0.3, 0.4) is 0 Å². The highest BCUT2D eigenvalue weighted by molar-refractivity contribution is 7.92. The number of fused-ring (bicyclic) bond motifs is 1. The fraction of sp³-hybridized carbons (Fsp3) is 0.462. The molecule has 1 aliphatic heterocycles. The standard InChI is InChI=1S/C26H35N3O6S/c1-5-27-26(31)20(3)28(18-21-10-8-19(2)9-11-21)25(30)7-6-14-29(36(4,32)33)22-12-13-23-24(17-22)35-16-15-34-23/h8-13,17,20H,5-7,14-16,18H2,1-4H3,(H,27,31)/t20-/m1/s1. The first-order valence-electron chi connectivity index (χ1n) is 12.1. The summed E-state index contributed by atoms with van der Waals surface area (Å²) < 4.78 is 37.5. The van der Waals surface area contributed by atoms with Crippen LogP contribution in [0.2, 0.25) is 0 Å². The maximum absolute atomic E-state index is 13.3. The first-order valence-corrected chi connectivity index (χ1v) is 13.9. The lowest BCUT2D eigenvalue weighted by Crippen LogP contribution is -2.47. The number of hydrogen-bond donors (Lipinski definition) is 1. The number of nitrogens with zero attached hydrogens (tertiary/aromatic N) is 2. The Kier molecular flexibility index (Phi) is 9.19. The molecule has 10 heteroatoms. The SMILES string of the molecule is CCNC(=O)[C@@H](C)N(Cc1ccc(C)cc1)C(=O)CCCN(c1ccc2c(c1)OCCO2)S(C)(=O)=O. The van der Waals surface area contributed by atoms with Gasteiger partial charge in [-0.2, -0.15) is 0 Å². The van der Waals surface area contributed by atoms with Crippen LogP contribution in [0.25, 0.3) is 0 Å².